The molecule has 3 atom stereocenters. The van der Waals surface area contributed by atoms with E-state index in [1.54, 1.807) is 6.07 Å². The molecule has 4 rings (SSSR count). The number of piperidine rings is 1. The molecule has 2 aliphatic rings. The Morgan fingerprint density at radius 2 is 1.97 bits per heavy atom. The Labute approximate surface area is 182 Å². The Morgan fingerprint density at radius 1 is 1.19 bits per heavy atom. The lowest BCUT2D eigenvalue weighted by atomic mass is 9.96. The number of carbonyl (C=O) groups excluding carboxylic acids is 2. The van der Waals surface area contributed by atoms with E-state index < -0.39 is 11.7 Å². The van der Waals surface area contributed by atoms with Gasteiger partial charge in [-0.05, 0) is 75.3 Å². The molecule has 0 radical (unpaired) electrons. The molecule has 0 aromatic heterocycles. The fraction of sp³-hybridized carbons (Fsp3) is 0.440. The summed E-state index contributed by atoms with van der Waals surface area (Å²) in [5.41, 5.74) is 2.39. The van der Waals surface area contributed by atoms with Gasteiger partial charge in [-0.3, -0.25) is 4.79 Å². The summed E-state index contributed by atoms with van der Waals surface area (Å²) < 4.78 is 19.2. The minimum Gasteiger partial charge on any atom is -0.444 e. The number of ether oxygens (including phenoxy) is 1. The molecule has 2 amide bonds. The average molecular weight is 425 g/mol. The monoisotopic (exact) mass is 424 g/mol. The lowest BCUT2D eigenvalue weighted by Gasteiger charge is -2.29. The summed E-state index contributed by atoms with van der Waals surface area (Å²) in [6.45, 7) is 8.46. The van der Waals surface area contributed by atoms with E-state index >= 15 is 0 Å². The van der Waals surface area contributed by atoms with Crippen molar-refractivity contribution >= 4 is 12.0 Å². The number of fused-ring (bicyclic) bond motifs is 1. The van der Waals surface area contributed by atoms with Gasteiger partial charge in [0.2, 0.25) is 0 Å². The second-order valence-corrected chi connectivity index (χ2v) is 9.63. The Bertz CT molecular complexity index is 1010. The quantitative estimate of drug-likeness (QED) is 0.768. The van der Waals surface area contributed by atoms with Crippen molar-refractivity contribution in [2.24, 2.45) is 11.8 Å². The summed E-state index contributed by atoms with van der Waals surface area (Å²) in [6.07, 6.45) is 0.606. The number of likely N-dealkylation sites (tertiary alicyclic amines) is 1. The van der Waals surface area contributed by atoms with Crippen molar-refractivity contribution in [3.63, 3.8) is 0 Å². The van der Waals surface area contributed by atoms with Crippen LogP contribution in [0.15, 0.2) is 42.5 Å². The van der Waals surface area contributed by atoms with Gasteiger partial charge < -0.3 is 15.0 Å². The zero-order chi connectivity index (χ0) is 22.3. The van der Waals surface area contributed by atoms with E-state index in [4.69, 9.17) is 4.74 Å². The van der Waals surface area contributed by atoms with Crippen LogP contribution in [-0.2, 0) is 4.74 Å². The van der Waals surface area contributed by atoms with Crippen molar-refractivity contribution in [2.45, 2.75) is 45.8 Å². The van der Waals surface area contributed by atoms with Crippen LogP contribution < -0.4 is 5.32 Å². The number of benzene rings is 2. The van der Waals surface area contributed by atoms with Crippen LogP contribution >= 0.6 is 0 Å². The number of halogens is 1. The van der Waals surface area contributed by atoms with Crippen LogP contribution in [0.5, 0.6) is 0 Å². The highest BCUT2D eigenvalue weighted by molar-refractivity contribution is 6.01. The molecule has 1 N–H and O–H groups in total. The van der Waals surface area contributed by atoms with Gasteiger partial charge in [0.15, 0.2) is 0 Å². The molecule has 1 heterocycles. The van der Waals surface area contributed by atoms with Gasteiger partial charge in [-0.1, -0.05) is 29.8 Å². The predicted octanol–water partition coefficient (Wildman–Crippen LogP) is 4.79. The van der Waals surface area contributed by atoms with Gasteiger partial charge in [0, 0.05) is 18.7 Å². The van der Waals surface area contributed by atoms with E-state index in [-0.39, 0.29) is 17.8 Å². The van der Waals surface area contributed by atoms with E-state index in [0.717, 1.165) is 17.5 Å². The van der Waals surface area contributed by atoms with Crippen LogP contribution in [-0.4, -0.2) is 41.6 Å². The van der Waals surface area contributed by atoms with Gasteiger partial charge in [0.1, 0.15) is 11.4 Å². The average Bonchev–Trinajstić information content (AvgIpc) is 3.36. The number of carbonyl (C=O) groups is 2. The minimum absolute atomic E-state index is 0.0633. The zero-order valence-corrected chi connectivity index (χ0v) is 18.4. The number of hydrogen-bond acceptors (Lipinski definition) is 3. The fourth-order valence-electron chi connectivity index (χ4n) is 4.46. The molecule has 1 saturated carbocycles. The van der Waals surface area contributed by atoms with Crippen molar-refractivity contribution in [3.05, 3.63) is 59.4 Å². The van der Waals surface area contributed by atoms with Crippen molar-refractivity contribution < 1.29 is 18.7 Å². The van der Waals surface area contributed by atoms with Crippen LogP contribution in [0.4, 0.5) is 9.18 Å². The van der Waals surface area contributed by atoms with Crippen LogP contribution in [0.3, 0.4) is 0 Å². The topological polar surface area (TPSA) is 58.6 Å². The third-order valence-electron chi connectivity index (χ3n) is 5.96. The molecule has 0 spiro atoms. The van der Waals surface area contributed by atoms with E-state index in [0.29, 0.717) is 36.1 Å². The molecule has 2 aromatic rings. The molecule has 1 saturated heterocycles. The molecule has 2 aromatic carbocycles. The Balaban J connectivity index is 1.56. The SMILES string of the molecule is Cc1ccc(C(=O)N2CC3CC3C2CNC(=O)OC(C)(C)C)c(-c2cccc(F)c2)c1. The summed E-state index contributed by atoms with van der Waals surface area (Å²) in [7, 11) is 0. The summed E-state index contributed by atoms with van der Waals surface area (Å²) in [5.74, 6) is 0.473. The molecule has 2 fully saturated rings. The van der Waals surface area contributed by atoms with Crippen LogP contribution in [0, 0.1) is 24.6 Å². The molecule has 5 nitrogen and oxygen atoms in total. The second-order valence-electron chi connectivity index (χ2n) is 9.63. The summed E-state index contributed by atoms with van der Waals surface area (Å²) in [5, 5.41) is 2.83. The minimum atomic E-state index is -0.570. The summed E-state index contributed by atoms with van der Waals surface area (Å²) in [4.78, 5) is 27.6. The highest BCUT2D eigenvalue weighted by Crippen LogP contribution is 2.50. The summed E-state index contributed by atoms with van der Waals surface area (Å²) in [6, 6.07) is 11.9. The first-order valence-electron chi connectivity index (χ1n) is 10.8. The molecule has 1 aliphatic heterocycles. The molecular weight excluding hydrogens is 395 g/mol. The molecule has 1 aliphatic carbocycles. The van der Waals surface area contributed by atoms with Crippen LogP contribution in [0.25, 0.3) is 11.1 Å². The zero-order valence-electron chi connectivity index (χ0n) is 18.4. The number of aryl methyl sites for hydroxylation is 1. The predicted molar refractivity (Wildman–Crippen MR) is 117 cm³/mol. The maximum absolute atomic E-state index is 13.9. The first kappa shape index (κ1) is 21.3. The highest BCUT2D eigenvalue weighted by Gasteiger charge is 2.54. The van der Waals surface area contributed by atoms with E-state index in [1.807, 2.05) is 56.9 Å². The highest BCUT2D eigenvalue weighted by atomic mass is 19.1. The first-order valence-corrected chi connectivity index (χ1v) is 10.8. The van der Waals surface area contributed by atoms with E-state index in [1.165, 1.54) is 12.1 Å². The van der Waals surface area contributed by atoms with Crippen LogP contribution in [0.2, 0.25) is 0 Å². The molecule has 31 heavy (non-hydrogen) atoms. The number of nitrogens with zero attached hydrogens (tertiary/aromatic N) is 1. The molecular formula is C25H29FN2O3. The lowest BCUT2D eigenvalue weighted by molar-refractivity contribution is 0.0493. The fourth-order valence-corrected chi connectivity index (χ4v) is 4.46. The molecule has 3 unspecified atom stereocenters. The smallest absolute Gasteiger partial charge is 0.407 e. The number of alkyl carbamates (subject to hydrolysis) is 1. The van der Waals surface area contributed by atoms with E-state index in [2.05, 4.69) is 5.32 Å². The van der Waals surface area contributed by atoms with Crippen LogP contribution in [0.1, 0.15) is 43.1 Å². The third-order valence-corrected chi connectivity index (χ3v) is 5.96. The van der Waals surface area contributed by atoms with Crippen molar-refractivity contribution in [3.8, 4) is 11.1 Å². The largest absolute Gasteiger partial charge is 0.444 e. The normalized spacial score (nSPS) is 22.1. The Morgan fingerprint density at radius 3 is 2.68 bits per heavy atom. The van der Waals surface area contributed by atoms with Crippen molar-refractivity contribution in [1.29, 1.82) is 0 Å². The third kappa shape index (κ3) is 4.73. The van der Waals surface area contributed by atoms with Crippen molar-refractivity contribution in [1.82, 2.24) is 10.2 Å². The first-order chi connectivity index (χ1) is 14.6. The maximum atomic E-state index is 13.9. The Kier molecular flexibility index (Phi) is 5.50. The Hall–Kier alpha value is -2.89. The lowest BCUT2D eigenvalue weighted by Crippen LogP contribution is -2.46. The van der Waals surface area contributed by atoms with Crippen molar-refractivity contribution in [2.75, 3.05) is 13.1 Å². The van der Waals surface area contributed by atoms with Gasteiger partial charge in [0.25, 0.3) is 5.91 Å². The van der Waals surface area contributed by atoms with Gasteiger partial charge in [-0.25, -0.2) is 9.18 Å². The van der Waals surface area contributed by atoms with E-state index in [9.17, 15) is 14.0 Å². The van der Waals surface area contributed by atoms with Gasteiger partial charge in [-0.15, -0.1) is 0 Å². The number of amides is 2. The number of nitrogens with one attached hydrogen (secondary N) is 1. The standard InChI is InChI=1S/C25H29FN2O3/c1-15-8-9-19(20(10-15)16-6-5-7-18(26)11-16)23(29)28-14-17-12-21(17)22(28)13-27-24(30)31-25(2,3)4/h5-11,17,21-22H,12-14H2,1-4H3,(H,27,30). The molecule has 0 bridgehead atoms. The summed E-state index contributed by atoms with van der Waals surface area (Å²) >= 11 is 0. The van der Waals surface area contributed by atoms with Gasteiger partial charge in [0.05, 0.1) is 6.04 Å². The molecule has 164 valence electrons. The molecule has 6 heteroatoms. The maximum Gasteiger partial charge on any atom is 0.407 e. The number of hydrogen-bond donors (Lipinski definition) is 1. The van der Waals surface area contributed by atoms with Gasteiger partial charge >= 0.3 is 6.09 Å². The van der Waals surface area contributed by atoms with Gasteiger partial charge in [-0.2, -0.15) is 0 Å². The second kappa shape index (κ2) is 7.98. The number of rotatable bonds is 4.